The van der Waals surface area contributed by atoms with Crippen molar-refractivity contribution in [2.45, 2.75) is 17.5 Å². The third-order valence-electron chi connectivity index (χ3n) is 3.38. The van der Waals surface area contributed by atoms with Gasteiger partial charge in [-0.15, -0.1) is 10.2 Å². The van der Waals surface area contributed by atoms with Crippen LogP contribution < -0.4 is 0 Å². The van der Waals surface area contributed by atoms with Gasteiger partial charge in [0.15, 0.2) is 11.0 Å². The lowest BCUT2D eigenvalue weighted by Gasteiger charge is -2.03. The summed E-state index contributed by atoms with van der Waals surface area (Å²) >= 11 is 1.55. The summed E-state index contributed by atoms with van der Waals surface area (Å²) in [5.74, 6) is 2.23. The minimum atomic E-state index is 0.605. The van der Waals surface area contributed by atoms with Crippen LogP contribution in [0, 0.1) is 0 Å². The van der Waals surface area contributed by atoms with Crippen molar-refractivity contribution in [3.05, 3.63) is 73.0 Å². The van der Waals surface area contributed by atoms with Gasteiger partial charge in [0.2, 0.25) is 0 Å². The van der Waals surface area contributed by atoms with Crippen LogP contribution in [-0.4, -0.2) is 29.5 Å². The number of hydrogen-bond acceptors (Lipinski definition) is 6. The van der Waals surface area contributed by atoms with Gasteiger partial charge in [0.1, 0.15) is 18.4 Å². The van der Waals surface area contributed by atoms with Crippen molar-refractivity contribution < 1.29 is 4.42 Å². The SMILES string of the molecule is c1ccc(-n2cnc(CSc3nncn3Cc3ccco3)n2)cc1. The fourth-order valence-electron chi connectivity index (χ4n) is 2.23. The van der Waals surface area contributed by atoms with Crippen LogP contribution in [0.4, 0.5) is 0 Å². The maximum absolute atomic E-state index is 5.36. The van der Waals surface area contributed by atoms with E-state index in [4.69, 9.17) is 4.42 Å². The number of hydrogen-bond donors (Lipinski definition) is 0. The summed E-state index contributed by atoms with van der Waals surface area (Å²) in [5.41, 5.74) is 0.988. The van der Waals surface area contributed by atoms with Crippen molar-refractivity contribution in [2.75, 3.05) is 0 Å². The predicted octanol–water partition coefficient (Wildman–Crippen LogP) is 2.79. The molecule has 0 aliphatic carbocycles. The van der Waals surface area contributed by atoms with Gasteiger partial charge >= 0.3 is 0 Å². The highest BCUT2D eigenvalue weighted by molar-refractivity contribution is 7.98. The second-order valence-corrected chi connectivity index (χ2v) is 5.99. The molecule has 0 bridgehead atoms. The highest BCUT2D eigenvalue weighted by atomic mass is 32.2. The normalized spacial score (nSPS) is 11.0. The molecule has 0 atom stereocenters. The van der Waals surface area contributed by atoms with Gasteiger partial charge in [-0.25, -0.2) is 9.67 Å². The quantitative estimate of drug-likeness (QED) is 0.503. The third-order valence-corrected chi connectivity index (χ3v) is 4.35. The molecular formula is C16H14N6OS. The molecule has 0 unspecified atom stereocenters. The monoisotopic (exact) mass is 338 g/mol. The van der Waals surface area contributed by atoms with Crippen LogP contribution in [0.15, 0.2) is 71.0 Å². The first kappa shape index (κ1) is 14.7. The Morgan fingerprint density at radius 2 is 1.96 bits per heavy atom. The van der Waals surface area contributed by atoms with Crippen molar-refractivity contribution >= 4 is 11.8 Å². The highest BCUT2D eigenvalue weighted by Gasteiger charge is 2.10. The van der Waals surface area contributed by atoms with E-state index in [1.54, 1.807) is 35.4 Å². The Balaban J connectivity index is 1.43. The van der Waals surface area contributed by atoms with Crippen LogP contribution in [0.1, 0.15) is 11.6 Å². The largest absolute Gasteiger partial charge is 0.467 e. The second kappa shape index (κ2) is 6.71. The molecule has 0 aliphatic heterocycles. The van der Waals surface area contributed by atoms with Crippen molar-refractivity contribution in [1.29, 1.82) is 0 Å². The molecule has 7 nitrogen and oxygen atoms in total. The Kier molecular flexibility index (Phi) is 4.11. The highest BCUT2D eigenvalue weighted by Crippen LogP contribution is 2.20. The molecule has 3 aromatic heterocycles. The number of thioether (sulfide) groups is 1. The van der Waals surface area contributed by atoms with E-state index in [2.05, 4.69) is 20.3 Å². The molecule has 0 aliphatic rings. The van der Waals surface area contributed by atoms with Crippen LogP contribution in [0.25, 0.3) is 5.69 Å². The molecule has 0 saturated carbocycles. The van der Waals surface area contributed by atoms with Crippen molar-refractivity contribution in [1.82, 2.24) is 29.5 Å². The fraction of sp³-hybridized carbons (Fsp3) is 0.125. The minimum Gasteiger partial charge on any atom is -0.467 e. The van der Waals surface area contributed by atoms with Crippen LogP contribution in [0.3, 0.4) is 0 Å². The van der Waals surface area contributed by atoms with E-state index < -0.39 is 0 Å². The lowest BCUT2D eigenvalue weighted by atomic mass is 10.3. The number of para-hydroxylation sites is 1. The first-order valence-electron chi connectivity index (χ1n) is 7.37. The molecule has 4 rings (SSSR count). The summed E-state index contributed by atoms with van der Waals surface area (Å²) in [6, 6.07) is 13.7. The maximum Gasteiger partial charge on any atom is 0.191 e. The molecular weight excluding hydrogens is 324 g/mol. The molecule has 0 amide bonds. The molecule has 0 spiro atoms. The van der Waals surface area contributed by atoms with Gasteiger partial charge in [-0.3, -0.25) is 0 Å². The summed E-state index contributed by atoms with van der Waals surface area (Å²) in [5, 5.41) is 13.4. The van der Waals surface area contributed by atoms with Crippen molar-refractivity contribution in [2.24, 2.45) is 0 Å². The Bertz CT molecular complexity index is 900. The first-order valence-corrected chi connectivity index (χ1v) is 8.36. The van der Waals surface area contributed by atoms with Gasteiger partial charge in [0.25, 0.3) is 0 Å². The summed E-state index contributed by atoms with van der Waals surface area (Å²) in [4.78, 5) is 4.35. The van der Waals surface area contributed by atoms with Crippen LogP contribution >= 0.6 is 11.8 Å². The molecule has 0 fully saturated rings. The lowest BCUT2D eigenvalue weighted by Crippen LogP contribution is -2.00. The zero-order valence-electron chi connectivity index (χ0n) is 12.7. The van der Waals surface area contributed by atoms with Gasteiger partial charge in [-0.05, 0) is 24.3 Å². The maximum atomic E-state index is 5.36. The molecule has 0 N–H and O–H groups in total. The fourth-order valence-corrected chi connectivity index (χ4v) is 3.01. The number of rotatable bonds is 6. The second-order valence-electron chi connectivity index (χ2n) is 5.05. The Morgan fingerprint density at radius 1 is 1.04 bits per heavy atom. The van der Waals surface area contributed by atoms with E-state index in [9.17, 15) is 0 Å². The third kappa shape index (κ3) is 3.23. The van der Waals surface area contributed by atoms with E-state index in [0.29, 0.717) is 12.3 Å². The van der Waals surface area contributed by atoms with E-state index in [1.165, 1.54) is 0 Å². The molecule has 0 saturated heterocycles. The average Bonchev–Trinajstić information content (AvgIpc) is 3.37. The van der Waals surface area contributed by atoms with Gasteiger partial charge in [0.05, 0.1) is 24.2 Å². The number of furan rings is 1. The standard InChI is InChI=1S/C16H14N6OS/c1-2-5-13(6-3-1)22-11-17-15(20-22)10-24-16-19-18-12-21(16)9-14-7-4-8-23-14/h1-8,11-12H,9-10H2. The van der Waals surface area contributed by atoms with E-state index >= 15 is 0 Å². The summed E-state index contributed by atoms with van der Waals surface area (Å²) in [6.45, 7) is 0.605. The number of aromatic nitrogens is 6. The molecule has 120 valence electrons. The Hall–Kier alpha value is -2.87. The van der Waals surface area contributed by atoms with Crippen LogP contribution in [-0.2, 0) is 12.3 Å². The molecule has 1 aromatic carbocycles. The zero-order chi connectivity index (χ0) is 16.2. The van der Waals surface area contributed by atoms with Crippen molar-refractivity contribution in [3.8, 4) is 5.69 Å². The van der Waals surface area contributed by atoms with Crippen LogP contribution in [0.2, 0.25) is 0 Å². The lowest BCUT2D eigenvalue weighted by molar-refractivity contribution is 0.484. The molecule has 3 heterocycles. The molecule has 24 heavy (non-hydrogen) atoms. The topological polar surface area (TPSA) is 74.6 Å². The zero-order valence-corrected chi connectivity index (χ0v) is 13.5. The number of benzene rings is 1. The predicted molar refractivity (Wildman–Crippen MR) is 88.8 cm³/mol. The van der Waals surface area contributed by atoms with E-state index in [1.807, 2.05) is 47.0 Å². The summed E-state index contributed by atoms with van der Waals surface area (Å²) in [6.07, 6.45) is 5.08. The first-order chi connectivity index (χ1) is 11.9. The van der Waals surface area contributed by atoms with E-state index in [-0.39, 0.29) is 0 Å². The molecule has 0 radical (unpaired) electrons. The molecule has 8 heteroatoms. The molecule has 4 aromatic rings. The van der Waals surface area contributed by atoms with Crippen molar-refractivity contribution in [3.63, 3.8) is 0 Å². The smallest absolute Gasteiger partial charge is 0.191 e. The summed E-state index contributed by atoms with van der Waals surface area (Å²) in [7, 11) is 0. The minimum absolute atomic E-state index is 0.605. The van der Waals surface area contributed by atoms with Gasteiger partial charge in [0, 0.05) is 0 Å². The van der Waals surface area contributed by atoms with Gasteiger partial charge in [-0.1, -0.05) is 30.0 Å². The number of nitrogens with zero attached hydrogens (tertiary/aromatic N) is 6. The van der Waals surface area contributed by atoms with Crippen LogP contribution in [0.5, 0.6) is 0 Å². The summed E-state index contributed by atoms with van der Waals surface area (Å²) < 4.78 is 9.07. The van der Waals surface area contributed by atoms with E-state index in [0.717, 1.165) is 22.4 Å². The van der Waals surface area contributed by atoms with Gasteiger partial charge < -0.3 is 8.98 Å². The Labute approximate surface area is 142 Å². The van der Waals surface area contributed by atoms with Gasteiger partial charge in [-0.2, -0.15) is 5.10 Å². The average molecular weight is 338 g/mol. The Morgan fingerprint density at radius 3 is 2.79 bits per heavy atom.